The second-order valence-electron chi connectivity index (χ2n) is 5.49. The molecule has 0 aromatic carbocycles. The van der Waals surface area contributed by atoms with E-state index >= 15 is 0 Å². The van der Waals surface area contributed by atoms with Gasteiger partial charge in [-0.15, -0.1) is 11.8 Å². The molecule has 120 valence electrons. The lowest BCUT2D eigenvalue weighted by Gasteiger charge is -2.26. The van der Waals surface area contributed by atoms with Crippen LogP contribution in [0.25, 0.3) is 0 Å². The van der Waals surface area contributed by atoms with Gasteiger partial charge in [-0.1, -0.05) is 0 Å². The predicted octanol–water partition coefficient (Wildman–Crippen LogP) is -0.191. The maximum Gasteiger partial charge on any atom is 0.232 e. The van der Waals surface area contributed by atoms with Gasteiger partial charge in [-0.3, -0.25) is 9.59 Å². The highest BCUT2D eigenvalue weighted by Gasteiger charge is 2.25. The average Bonchev–Trinajstić information content (AvgIpc) is 2.97. The summed E-state index contributed by atoms with van der Waals surface area (Å²) >= 11 is 1.39. The first-order chi connectivity index (χ1) is 10.2. The van der Waals surface area contributed by atoms with E-state index in [1.165, 1.54) is 11.8 Å². The minimum absolute atomic E-state index is 0.0932. The number of amides is 2. The molecule has 0 saturated carbocycles. The number of aliphatic hydroxyl groups excluding tert-OH is 1. The molecule has 2 heterocycles. The van der Waals surface area contributed by atoms with E-state index in [9.17, 15) is 9.59 Å². The summed E-state index contributed by atoms with van der Waals surface area (Å²) < 4.78 is 5.21. The van der Waals surface area contributed by atoms with Crippen LogP contribution in [0.2, 0.25) is 0 Å². The number of rotatable bonds is 6. The van der Waals surface area contributed by atoms with Crippen molar-refractivity contribution in [3.05, 3.63) is 0 Å². The van der Waals surface area contributed by atoms with E-state index in [-0.39, 0.29) is 18.4 Å². The fourth-order valence-electron chi connectivity index (χ4n) is 2.70. The first-order valence-electron chi connectivity index (χ1n) is 7.52. The van der Waals surface area contributed by atoms with E-state index < -0.39 is 0 Å². The van der Waals surface area contributed by atoms with Crippen LogP contribution in [0.5, 0.6) is 0 Å². The molecule has 0 aromatic heterocycles. The van der Waals surface area contributed by atoms with E-state index in [0.717, 1.165) is 25.9 Å². The zero-order chi connectivity index (χ0) is 15.1. The topological polar surface area (TPSA) is 70.1 Å². The lowest BCUT2D eigenvalue weighted by molar-refractivity contribution is -0.132. The molecule has 2 saturated heterocycles. The highest BCUT2D eigenvalue weighted by atomic mass is 32.2. The summed E-state index contributed by atoms with van der Waals surface area (Å²) in [4.78, 5) is 27.6. The van der Waals surface area contributed by atoms with Crippen LogP contribution in [0.4, 0.5) is 0 Å². The summed E-state index contributed by atoms with van der Waals surface area (Å²) in [6.45, 7) is 4.24. The minimum atomic E-state index is 0.0932. The number of morpholine rings is 1. The van der Waals surface area contributed by atoms with Crippen LogP contribution in [-0.2, 0) is 14.3 Å². The van der Waals surface area contributed by atoms with Crippen molar-refractivity contribution < 1.29 is 19.4 Å². The Bertz CT molecular complexity index is 361. The molecule has 1 N–H and O–H groups in total. The SMILES string of the molecule is O=C(CSCC(=O)N1CCC(CCO)C1)N1CCOCC1. The number of aliphatic hydroxyl groups is 1. The monoisotopic (exact) mass is 316 g/mol. The van der Waals surface area contributed by atoms with Crippen molar-refractivity contribution in [1.82, 2.24) is 9.80 Å². The van der Waals surface area contributed by atoms with Crippen molar-refractivity contribution in [2.45, 2.75) is 12.8 Å². The molecule has 0 bridgehead atoms. The Hall–Kier alpha value is -0.790. The van der Waals surface area contributed by atoms with Crippen molar-refractivity contribution in [2.24, 2.45) is 5.92 Å². The Morgan fingerprint density at radius 2 is 1.76 bits per heavy atom. The third-order valence-electron chi connectivity index (χ3n) is 3.99. The summed E-state index contributed by atoms with van der Waals surface area (Å²) in [5.74, 6) is 1.35. The van der Waals surface area contributed by atoms with Crippen LogP contribution >= 0.6 is 11.8 Å². The zero-order valence-electron chi connectivity index (χ0n) is 12.3. The number of hydrogen-bond acceptors (Lipinski definition) is 5. The van der Waals surface area contributed by atoms with E-state index in [1.807, 2.05) is 4.90 Å². The molecule has 2 rings (SSSR count). The zero-order valence-corrected chi connectivity index (χ0v) is 13.1. The number of carbonyl (C=O) groups is 2. The molecular weight excluding hydrogens is 292 g/mol. The molecule has 1 atom stereocenters. The van der Waals surface area contributed by atoms with Crippen LogP contribution in [0.3, 0.4) is 0 Å². The van der Waals surface area contributed by atoms with Gasteiger partial charge in [-0.25, -0.2) is 0 Å². The molecule has 1 unspecified atom stereocenters. The third-order valence-corrected chi connectivity index (χ3v) is 4.89. The largest absolute Gasteiger partial charge is 0.396 e. The van der Waals surface area contributed by atoms with E-state index in [2.05, 4.69) is 0 Å². The standard InChI is InChI=1S/C14H24N2O4S/c17-6-2-12-1-3-16(9-12)14(19)11-21-10-13(18)15-4-7-20-8-5-15/h12,17H,1-11H2. The Kier molecular flexibility index (Phi) is 6.79. The molecule has 0 radical (unpaired) electrons. The first kappa shape index (κ1) is 16.6. The highest BCUT2D eigenvalue weighted by molar-refractivity contribution is 8.00. The molecule has 0 aliphatic carbocycles. The molecule has 0 aromatic rings. The van der Waals surface area contributed by atoms with Crippen molar-refractivity contribution in [3.63, 3.8) is 0 Å². The lowest BCUT2D eigenvalue weighted by Crippen LogP contribution is -2.41. The predicted molar refractivity (Wildman–Crippen MR) is 81.1 cm³/mol. The van der Waals surface area contributed by atoms with E-state index in [4.69, 9.17) is 9.84 Å². The highest BCUT2D eigenvalue weighted by Crippen LogP contribution is 2.20. The van der Waals surface area contributed by atoms with Gasteiger partial charge in [0.2, 0.25) is 11.8 Å². The van der Waals surface area contributed by atoms with Gasteiger partial charge < -0.3 is 19.6 Å². The maximum absolute atomic E-state index is 12.1. The number of carbonyl (C=O) groups excluding carboxylic acids is 2. The third kappa shape index (κ3) is 5.16. The van der Waals surface area contributed by atoms with Crippen LogP contribution in [0.1, 0.15) is 12.8 Å². The number of likely N-dealkylation sites (tertiary alicyclic amines) is 1. The average molecular weight is 316 g/mol. The van der Waals surface area contributed by atoms with Gasteiger partial charge in [-0.2, -0.15) is 0 Å². The number of ether oxygens (including phenoxy) is 1. The van der Waals surface area contributed by atoms with E-state index in [0.29, 0.717) is 43.7 Å². The number of nitrogens with zero attached hydrogens (tertiary/aromatic N) is 2. The molecule has 2 amide bonds. The quantitative estimate of drug-likeness (QED) is 0.735. The van der Waals surface area contributed by atoms with Gasteiger partial charge in [0.05, 0.1) is 24.7 Å². The molecule has 2 aliphatic heterocycles. The van der Waals surface area contributed by atoms with Crippen molar-refractivity contribution in [2.75, 3.05) is 57.5 Å². The molecule has 7 heteroatoms. The van der Waals surface area contributed by atoms with Crippen LogP contribution in [0, 0.1) is 5.92 Å². The smallest absolute Gasteiger partial charge is 0.232 e. The van der Waals surface area contributed by atoms with Crippen molar-refractivity contribution in [1.29, 1.82) is 0 Å². The second kappa shape index (κ2) is 8.60. The van der Waals surface area contributed by atoms with Gasteiger partial charge >= 0.3 is 0 Å². The number of thioether (sulfide) groups is 1. The Morgan fingerprint density at radius 3 is 2.43 bits per heavy atom. The van der Waals surface area contributed by atoms with Crippen LogP contribution in [-0.4, -0.2) is 84.2 Å². The van der Waals surface area contributed by atoms with Gasteiger partial charge in [0.1, 0.15) is 0 Å². The minimum Gasteiger partial charge on any atom is -0.396 e. The summed E-state index contributed by atoms with van der Waals surface area (Å²) in [6.07, 6.45) is 1.75. The van der Waals surface area contributed by atoms with E-state index in [1.54, 1.807) is 4.90 Å². The molecular formula is C14H24N2O4S. The lowest BCUT2D eigenvalue weighted by atomic mass is 10.1. The Labute approximate surface area is 129 Å². The van der Waals surface area contributed by atoms with Gasteiger partial charge in [0, 0.05) is 32.8 Å². The van der Waals surface area contributed by atoms with Gasteiger partial charge in [0.25, 0.3) is 0 Å². The molecule has 6 nitrogen and oxygen atoms in total. The maximum atomic E-state index is 12.1. The van der Waals surface area contributed by atoms with Gasteiger partial charge in [0.15, 0.2) is 0 Å². The van der Waals surface area contributed by atoms with Crippen LogP contribution < -0.4 is 0 Å². The summed E-state index contributed by atoms with van der Waals surface area (Å²) in [5.41, 5.74) is 0. The fourth-order valence-corrected chi connectivity index (χ4v) is 3.51. The molecule has 21 heavy (non-hydrogen) atoms. The Balaban J connectivity index is 1.62. The van der Waals surface area contributed by atoms with Gasteiger partial charge in [-0.05, 0) is 18.8 Å². The Morgan fingerprint density at radius 1 is 1.10 bits per heavy atom. The summed E-state index contributed by atoms with van der Waals surface area (Å²) in [7, 11) is 0. The first-order valence-corrected chi connectivity index (χ1v) is 8.68. The molecule has 2 fully saturated rings. The van der Waals surface area contributed by atoms with Crippen LogP contribution in [0.15, 0.2) is 0 Å². The second-order valence-corrected chi connectivity index (χ2v) is 6.48. The fraction of sp³-hybridized carbons (Fsp3) is 0.857. The molecule has 2 aliphatic rings. The summed E-state index contributed by atoms with van der Waals surface area (Å²) in [6, 6.07) is 0. The number of hydrogen-bond donors (Lipinski definition) is 1. The normalized spacial score (nSPS) is 22.6. The van der Waals surface area contributed by atoms with Crippen molar-refractivity contribution in [3.8, 4) is 0 Å². The summed E-state index contributed by atoms with van der Waals surface area (Å²) in [5, 5.41) is 8.92. The van der Waals surface area contributed by atoms with Crippen molar-refractivity contribution >= 4 is 23.6 Å². The molecule has 0 spiro atoms.